The molecule has 2 N–H and O–H groups in total. The topological polar surface area (TPSA) is 148 Å². The second-order valence-corrected chi connectivity index (χ2v) is 12.0. The number of fused-ring (bicyclic) bond motifs is 2. The van der Waals surface area contributed by atoms with Gasteiger partial charge in [-0.25, -0.2) is 4.79 Å². The zero-order valence-corrected chi connectivity index (χ0v) is 22.9. The Bertz CT molecular complexity index is 1270. The van der Waals surface area contributed by atoms with Crippen molar-refractivity contribution in [3.05, 3.63) is 46.3 Å². The monoisotopic (exact) mass is 549 g/mol. The Labute approximate surface area is 223 Å². The zero-order valence-electron chi connectivity index (χ0n) is 22.1. The molecule has 5 atom stereocenters. The Morgan fingerprint density at radius 3 is 2.66 bits per heavy atom. The molecule has 0 aromatic rings. The van der Waals surface area contributed by atoms with Gasteiger partial charge in [0.1, 0.15) is 6.54 Å². The highest BCUT2D eigenvalue weighted by atomic mass is 32.3. The van der Waals surface area contributed by atoms with Gasteiger partial charge in [-0.3, -0.25) is 14.1 Å². The van der Waals surface area contributed by atoms with E-state index in [2.05, 4.69) is 6.92 Å². The molecule has 0 saturated heterocycles. The van der Waals surface area contributed by atoms with Crippen LogP contribution in [0.25, 0.3) is 0 Å². The standard InChI is InChI=1S/C27H35NO9S/c1-15(6-5-7-19-10-11-28(25(19)31)14-22(29)30)12-20-13-17(3)21-9-8-16(2)23(21)27(20)24(37-38(33,34)35)18(4)26(32)36-27/h10,12-13,16,20-21,23H,5-9,11,14H2,1-4H3,(H,29,30)(H,33,34,35)/b15-12+/t16-,20+,21-,23+,27+/m0/s1. The van der Waals surface area contributed by atoms with Crippen molar-refractivity contribution >= 4 is 28.2 Å². The SMILES string of the molecule is CC1=C[C@@H](/C=C(\C)CCCC2=CCN(CC(=O)O)C2=O)[C@@]2(OC(=O)C(C)=C2OS(=O)(=O)O)[C@@H]2[C@@H](C)CC[C@@H]12. The van der Waals surface area contributed by atoms with E-state index in [0.717, 1.165) is 24.0 Å². The molecule has 1 saturated carbocycles. The van der Waals surface area contributed by atoms with Gasteiger partial charge in [-0.1, -0.05) is 36.3 Å². The van der Waals surface area contributed by atoms with Crippen LogP contribution in [0, 0.1) is 23.7 Å². The third kappa shape index (κ3) is 5.18. The normalized spacial score (nSPS) is 31.5. The molecule has 38 heavy (non-hydrogen) atoms. The predicted molar refractivity (Wildman–Crippen MR) is 137 cm³/mol. The number of aliphatic carboxylic acids is 1. The van der Waals surface area contributed by atoms with Crippen LogP contribution in [-0.4, -0.2) is 59.5 Å². The second kappa shape index (κ2) is 10.3. The minimum Gasteiger partial charge on any atom is -0.480 e. The van der Waals surface area contributed by atoms with Gasteiger partial charge in [-0.15, -0.1) is 0 Å². The Hall–Kier alpha value is -2.92. The fraction of sp³-hybridized carbons (Fsp3) is 0.593. The van der Waals surface area contributed by atoms with E-state index < -0.39 is 33.9 Å². The zero-order chi connectivity index (χ0) is 28.0. The molecule has 1 fully saturated rings. The number of ether oxygens (including phenoxy) is 1. The number of allylic oxidation sites excluding steroid dienone is 2. The van der Waals surface area contributed by atoms with E-state index in [0.29, 0.717) is 24.8 Å². The Balaban J connectivity index is 1.59. The average Bonchev–Trinajstić information content (AvgIpc) is 3.43. The maximum absolute atomic E-state index is 12.8. The first kappa shape index (κ1) is 28.1. The highest BCUT2D eigenvalue weighted by Crippen LogP contribution is 2.59. The molecule has 2 aliphatic heterocycles. The quantitative estimate of drug-likeness (QED) is 0.250. The maximum Gasteiger partial charge on any atom is 0.446 e. The molecule has 0 radical (unpaired) electrons. The van der Waals surface area contributed by atoms with Gasteiger partial charge in [0.25, 0.3) is 0 Å². The molecule has 10 nitrogen and oxygen atoms in total. The summed E-state index contributed by atoms with van der Waals surface area (Å²) >= 11 is 0. The first-order chi connectivity index (χ1) is 17.7. The van der Waals surface area contributed by atoms with E-state index in [1.165, 1.54) is 11.8 Å². The van der Waals surface area contributed by atoms with Crippen LogP contribution in [-0.2, 0) is 33.7 Å². The van der Waals surface area contributed by atoms with E-state index in [4.69, 9.17) is 14.0 Å². The van der Waals surface area contributed by atoms with Crippen molar-refractivity contribution < 1.29 is 41.4 Å². The Morgan fingerprint density at radius 2 is 2.00 bits per heavy atom. The number of carboxylic acids is 1. The molecule has 11 heteroatoms. The van der Waals surface area contributed by atoms with Crippen molar-refractivity contribution in [1.82, 2.24) is 4.90 Å². The minimum absolute atomic E-state index is 0.0297. The van der Waals surface area contributed by atoms with Crippen molar-refractivity contribution in [2.45, 2.75) is 65.4 Å². The molecular formula is C27H35NO9S. The van der Waals surface area contributed by atoms with Gasteiger partial charge < -0.3 is 18.9 Å². The van der Waals surface area contributed by atoms with Crippen LogP contribution in [0.2, 0.25) is 0 Å². The summed E-state index contributed by atoms with van der Waals surface area (Å²) in [5.74, 6) is -2.65. The Morgan fingerprint density at radius 1 is 1.29 bits per heavy atom. The minimum atomic E-state index is -4.90. The van der Waals surface area contributed by atoms with Gasteiger partial charge in [0.2, 0.25) is 5.91 Å². The largest absolute Gasteiger partial charge is 0.480 e. The molecule has 2 aliphatic carbocycles. The van der Waals surface area contributed by atoms with Crippen molar-refractivity contribution in [3.63, 3.8) is 0 Å². The number of nitrogens with zero attached hydrogens (tertiary/aromatic N) is 1. The summed E-state index contributed by atoms with van der Waals surface area (Å²) in [6, 6.07) is 0. The van der Waals surface area contributed by atoms with Crippen LogP contribution < -0.4 is 0 Å². The molecule has 4 rings (SSSR count). The number of hydrogen-bond acceptors (Lipinski definition) is 7. The van der Waals surface area contributed by atoms with Crippen LogP contribution in [0.5, 0.6) is 0 Å². The maximum atomic E-state index is 12.8. The van der Waals surface area contributed by atoms with E-state index in [1.807, 2.05) is 26.0 Å². The molecule has 0 aromatic heterocycles. The fourth-order valence-corrected chi connectivity index (χ4v) is 7.20. The van der Waals surface area contributed by atoms with E-state index >= 15 is 0 Å². The molecule has 0 aromatic carbocycles. The number of carboxylic acid groups (broad SMARTS) is 1. The average molecular weight is 550 g/mol. The van der Waals surface area contributed by atoms with Crippen molar-refractivity contribution in [2.75, 3.05) is 13.1 Å². The van der Waals surface area contributed by atoms with E-state index in [9.17, 15) is 27.4 Å². The summed E-state index contributed by atoms with van der Waals surface area (Å²) in [5, 5.41) is 8.96. The number of carbonyl (C=O) groups is 3. The van der Waals surface area contributed by atoms with Crippen molar-refractivity contribution in [1.29, 1.82) is 0 Å². The van der Waals surface area contributed by atoms with Gasteiger partial charge >= 0.3 is 22.3 Å². The Kier molecular flexibility index (Phi) is 7.64. The van der Waals surface area contributed by atoms with Crippen molar-refractivity contribution in [2.24, 2.45) is 23.7 Å². The van der Waals surface area contributed by atoms with Crippen LogP contribution in [0.3, 0.4) is 0 Å². The van der Waals surface area contributed by atoms with Gasteiger partial charge in [-0.2, -0.15) is 8.42 Å². The summed E-state index contributed by atoms with van der Waals surface area (Å²) in [7, 11) is -4.90. The number of hydrogen-bond donors (Lipinski definition) is 2. The molecular weight excluding hydrogens is 514 g/mol. The lowest BCUT2D eigenvalue weighted by Gasteiger charge is -2.47. The summed E-state index contributed by atoms with van der Waals surface area (Å²) in [5.41, 5.74) is 1.34. The van der Waals surface area contributed by atoms with Crippen molar-refractivity contribution in [3.8, 4) is 0 Å². The molecule has 1 amide bonds. The second-order valence-electron chi connectivity index (χ2n) is 10.9. The predicted octanol–water partition coefficient (Wildman–Crippen LogP) is 3.58. The van der Waals surface area contributed by atoms with Crippen LogP contribution in [0.1, 0.15) is 59.8 Å². The highest BCUT2D eigenvalue weighted by molar-refractivity contribution is 7.81. The first-order valence-corrected chi connectivity index (χ1v) is 14.3. The number of rotatable bonds is 9. The number of esters is 1. The number of carbonyl (C=O) groups excluding carboxylic acids is 2. The third-order valence-electron chi connectivity index (χ3n) is 8.38. The summed E-state index contributed by atoms with van der Waals surface area (Å²) in [4.78, 5) is 37.5. The molecule has 1 spiro atoms. The first-order valence-electron chi connectivity index (χ1n) is 12.9. The van der Waals surface area contributed by atoms with Gasteiger partial charge in [0.05, 0.1) is 5.57 Å². The lowest BCUT2D eigenvalue weighted by atomic mass is 9.62. The van der Waals surface area contributed by atoms with E-state index in [1.54, 1.807) is 6.08 Å². The fourth-order valence-electron chi connectivity index (χ4n) is 6.74. The smallest absolute Gasteiger partial charge is 0.446 e. The van der Waals surface area contributed by atoms with Crippen LogP contribution >= 0.6 is 0 Å². The molecule has 0 unspecified atom stereocenters. The molecule has 2 heterocycles. The summed E-state index contributed by atoms with van der Waals surface area (Å²) in [6.07, 6.45) is 9.27. The van der Waals surface area contributed by atoms with Gasteiger partial charge in [0, 0.05) is 24.0 Å². The lowest BCUT2D eigenvalue weighted by molar-refractivity contribution is -0.160. The summed E-state index contributed by atoms with van der Waals surface area (Å²) in [6.45, 7) is 7.44. The number of amides is 1. The molecule has 208 valence electrons. The molecule has 4 aliphatic rings. The van der Waals surface area contributed by atoms with Crippen LogP contribution in [0.15, 0.2) is 46.3 Å². The lowest BCUT2D eigenvalue weighted by Crippen LogP contribution is -2.53. The summed E-state index contributed by atoms with van der Waals surface area (Å²) < 4.78 is 44.4. The third-order valence-corrected chi connectivity index (χ3v) is 8.75. The van der Waals surface area contributed by atoms with Gasteiger partial charge in [-0.05, 0) is 64.7 Å². The van der Waals surface area contributed by atoms with E-state index in [-0.39, 0.29) is 48.1 Å². The highest BCUT2D eigenvalue weighted by Gasteiger charge is 2.64. The molecule has 0 bridgehead atoms. The van der Waals surface area contributed by atoms with Gasteiger partial charge in [0.15, 0.2) is 11.4 Å². The van der Waals surface area contributed by atoms with Crippen LogP contribution in [0.4, 0.5) is 0 Å².